The van der Waals surface area contributed by atoms with Gasteiger partial charge in [-0.05, 0) is 25.0 Å². The van der Waals surface area contributed by atoms with Gasteiger partial charge in [0.15, 0.2) is 0 Å². The van der Waals surface area contributed by atoms with Gasteiger partial charge < -0.3 is 10.1 Å². The second-order valence-corrected chi connectivity index (χ2v) is 5.14. The van der Waals surface area contributed by atoms with Crippen molar-refractivity contribution in [1.82, 2.24) is 5.32 Å². The molecule has 2 aliphatic rings. The molecule has 1 atom stereocenters. The molecule has 1 unspecified atom stereocenters. The Morgan fingerprint density at radius 1 is 1.27 bits per heavy atom. The number of fused-ring (bicyclic) bond motifs is 1. The Balaban J connectivity index is 1.93. The third-order valence-electron chi connectivity index (χ3n) is 3.04. The Labute approximate surface area is 98.1 Å². The minimum Gasteiger partial charge on any atom is -0.493 e. The summed E-state index contributed by atoms with van der Waals surface area (Å²) in [5.74, 6) is 1.04. The highest BCUT2D eigenvalue weighted by Crippen LogP contribution is 2.38. The predicted octanol–water partition coefficient (Wildman–Crippen LogP) is 3.02. The van der Waals surface area contributed by atoms with Crippen LogP contribution in [0.4, 0.5) is 0 Å². The van der Waals surface area contributed by atoms with Crippen molar-refractivity contribution in [3.8, 4) is 5.75 Å². The van der Waals surface area contributed by atoms with E-state index < -0.39 is 0 Å². The van der Waals surface area contributed by atoms with Crippen LogP contribution in [-0.2, 0) is 0 Å². The van der Waals surface area contributed by atoms with Gasteiger partial charge in [-0.25, -0.2) is 0 Å². The maximum atomic E-state index is 5.67. The first-order valence-electron chi connectivity index (χ1n) is 5.52. The lowest BCUT2D eigenvalue weighted by atomic mass is 10.0. The molecule has 0 amide bonds. The molecule has 3 heteroatoms. The molecular formula is C12H14BrNO. The summed E-state index contributed by atoms with van der Waals surface area (Å²) in [6.45, 7) is 0.827. The molecule has 0 bridgehead atoms. The monoisotopic (exact) mass is 267 g/mol. The van der Waals surface area contributed by atoms with Crippen molar-refractivity contribution >= 4 is 15.9 Å². The lowest BCUT2D eigenvalue weighted by Crippen LogP contribution is -2.28. The highest BCUT2D eigenvalue weighted by atomic mass is 79.9. The van der Waals surface area contributed by atoms with E-state index in [0.29, 0.717) is 6.04 Å². The molecular weight excluding hydrogens is 254 g/mol. The third kappa shape index (κ3) is 1.91. The summed E-state index contributed by atoms with van der Waals surface area (Å²) in [6.07, 6.45) is 3.74. The van der Waals surface area contributed by atoms with Crippen LogP contribution < -0.4 is 10.1 Å². The van der Waals surface area contributed by atoms with E-state index in [9.17, 15) is 0 Å². The number of hydrogen-bond donors (Lipinski definition) is 1. The van der Waals surface area contributed by atoms with Crippen molar-refractivity contribution < 1.29 is 4.74 Å². The molecule has 0 saturated heterocycles. The number of benzene rings is 1. The van der Waals surface area contributed by atoms with Gasteiger partial charge in [0.25, 0.3) is 0 Å². The van der Waals surface area contributed by atoms with Crippen molar-refractivity contribution in [3.05, 3.63) is 28.2 Å². The van der Waals surface area contributed by atoms with Crippen LogP contribution in [0.3, 0.4) is 0 Å². The summed E-state index contributed by atoms with van der Waals surface area (Å²) in [5.41, 5.74) is 1.30. The first-order valence-corrected chi connectivity index (χ1v) is 6.31. The van der Waals surface area contributed by atoms with Gasteiger partial charge in [-0.2, -0.15) is 0 Å². The average Bonchev–Trinajstić information content (AvgIpc) is 3.02. The maximum Gasteiger partial charge on any atom is 0.125 e. The highest BCUT2D eigenvalue weighted by molar-refractivity contribution is 9.10. The van der Waals surface area contributed by atoms with Gasteiger partial charge in [0.05, 0.1) is 6.61 Å². The number of ether oxygens (including phenoxy) is 1. The largest absolute Gasteiger partial charge is 0.493 e. The van der Waals surface area contributed by atoms with Gasteiger partial charge in [-0.1, -0.05) is 22.0 Å². The van der Waals surface area contributed by atoms with Gasteiger partial charge in [-0.3, -0.25) is 0 Å². The zero-order valence-corrected chi connectivity index (χ0v) is 10.1. The van der Waals surface area contributed by atoms with E-state index in [-0.39, 0.29) is 0 Å². The molecule has 3 rings (SSSR count). The van der Waals surface area contributed by atoms with Crippen molar-refractivity contribution in [2.24, 2.45) is 0 Å². The lowest BCUT2D eigenvalue weighted by Gasteiger charge is -2.27. The lowest BCUT2D eigenvalue weighted by molar-refractivity contribution is 0.251. The summed E-state index contributed by atoms with van der Waals surface area (Å²) in [5, 5.41) is 3.68. The third-order valence-corrected chi connectivity index (χ3v) is 3.73. The second-order valence-electron chi connectivity index (χ2n) is 4.28. The Kier molecular flexibility index (Phi) is 2.45. The van der Waals surface area contributed by atoms with Crippen LogP contribution in [0.5, 0.6) is 5.75 Å². The van der Waals surface area contributed by atoms with E-state index >= 15 is 0 Å². The minimum absolute atomic E-state index is 0.469. The molecule has 1 aliphatic carbocycles. The molecule has 0 aromatic heterocycles. The Morgan fingerprint density at radius 3 is 2.93 bits per heavy atom. The maximum absolute atomic E-state index is 5.67. The van der Waals surface area contributed by atoms with Gasteiger partial charge in [0.1, 0.15) is 5.75 Å². The summed E-state index contributed by atoms with van der Waals surface area (Å²) in [7, 11) is 0. The molecule has 0 spiro atoms. The van der Waals surface area contributed by atoms with Crippen LogP contribution in [0.15, 0.2) is 22.7 Å². The minimum atomic E-state index is 0.469. The number of hydrogen-bond acceptors (Lipinski definition) is 2. The average molecular weight is 268 g/mol. The quantitative estimate of drug-likeness (QED) is 0.890. The predicted molar refractivity (Wildman–Crippen MR) is 63.2 cm³/mol. The fraction of sp³-hybridized carbons (Fsp3) is 0.500. The van der Waals surface area contributed by atoms with Crippen molar-refractivity contribution in [3.63, 3.8) is 0 Å². The van der Waals surface area contributed by atoms with E-state index in [4.69, 9.17) is 4.74 Å². The van der Waals surface area contributed by atoms with Gasteiger partial charge in [-0.15, -0.1) is 0 Å². The molecule has 0 radical (unpaired) electrons. The second kappa shape index (κ2) is 3.80. The van der Waals surface area contributed by atoms with Crippen LogP contribution in [0.25, 0.3) is 0 Å². The molecule has 1 N–H and O–H groups in total. The summed E-state index contributed by atoms with van der Waals surface area (Å²) in [4.78, 5) is 0. The smallest absolute Gasteiger partial charge is 0.125 e. The molecule has 1 aliphatic heterocycles. The first-order chi connectivity index (χ1) is 7.34. The molecule has 1 saturated carbocycles. The van der Waals surface area contributed by atoms with Crippen molar-refractivity contribution in [2.45, 2.75) is 31.3 Å². The SMILES string of the molecule is Brc1cccc2c1C(NC1CC1)CCO2. The molecule has 1 aromatic rings. The molecule has 80 valence electrons. The molecule has 2 nitrogen and oxygen atoms in total. The summed E-state index contributed by atoms with van der Waals surface area (Å²) >= 11 is 3.61. The topological polar surface area (TPSA) is 21.3 Å². The van der Waals surface area contributed by atoms with Crippen LogP contribution in [0, 0.1) is 0 Å². The fourth-order valence-corrected chi connectivity index (χ4v) is 2.74. The Morgan fingerprint density at radius 2 is 2.13 bits per heavy atom. The van der Waals surface area contributed by atoms with Crippen molar-refractivity contribution in [2.75, 3.05) is 6.61 Å². The summed E-state index contributed by atoms with van der Waals surface area (Å²) in [6, 6.07) is 7.39. The van der Waals surface area contributed by atoms with E-state index in [1.165, 1.54) is 18.4 Å². The van der Waals surface area contributed by atoms with Gasteiger partial charge >= 0.3 is 0 Å². The zero-order chi connectivity index (χ0) is 10.3. The van der Waals surface area contributed by atoms with Crippen LogP contribution >= 0.6 is 15.9 Å². The van der Waals surface area contributed by atoms with Crippen LogP contribution in [-0.4, -0.2) is 12.6 Å². The highest BCUT2D eigenvalue weighted by Gasteiger charge is 2.29. The van der Waals surface area contributed by atoms with Crippen LogP contribution in [0.2, 0.25) is 0 Å². The van der Waals surface area contributed by atoms with E-state index in [2.05, 4.69) is 33.4 Å². The molecule has 15 heavy (non-hydrogen) atoms. The first kappa shape index (κ1) is 9.67. The van der Waals surface area contributed by atoms with Gasteiger partial charge in [0, 0.05) is 28.5 Å². The molecule has 1 heterocycles. The fourth-order valence-electron chi connectivity index (χ4n) is 2.11. The van der Waals surface area contributed by atoms with E-state index in [1.807, 2.05) is 6.07 Å². The Hall–Kier alpha value is -0.540. The van der Waals surface area contributed by atoms with Crippen molar-refractivity contribution in [1.29, 1.82) is 0 Å². The van der Waals surface area contributed by atoms with E-state index in [1.54, 1.807) is 0 Å². The van der Waals surface area contributed by atoms with Crippen LogP contribution in [0.1, 0.15) is 30.9 Å². The Bertz CT molecular complexity index is 376. The normalized spacial score (nSPS) is 24.5. The van der Waals surface area contributed by atoms with Gasteiger partial charge in [0.2, 0.25) is 0 Å². The number of nitrogens with one attached hydrogen (secondary N) is 1. The number of halogens is 1. The number of rotatable bonds is 2. The molecule has 1 fully saturated rings. The molecule has 1 aromatic carbocycles. The summed E-state index contributed by atoms with van der Waals surface area (Å²) < 4.78 is 6.83. The van der Waals surface area contributed by atoms with E-state index in [0.717, 1.165) is 29.3 Å². The standard InChI is InChI=1S/C12H14BrNO/c13-9-2-1-3-11-12(9)10(6-7-15-11)14-8-4-5-8/h1-3,8,10,14H,4-7H2. The zero-order valence-electron chi connectivity index (χ0n) is 8.50.